The molecule has 0 aliphatic rings. The first-order valence-electron chi connectivity index (χ1n) is 5.20. The molecule has 0 amide bonds. The van der Waals surface area contributed by atoms with E-state index in [1.165, 1.54) is 0 Å². The number of hydrogen-bond acceptors (Lipinski definition) is 3. The Labute approximate surface area is 93.8 Å². The summed E-state index contributed by atoms with van der Waals surface area (Å²) in [5.41, 5.74) is 0. The molecule has 1 rings (SSSR count). The highest BCUT2D eigenvalue weighted by Gasteiger charge is 2.05. The van der Waals surface area contributed by atoms with Gasteiger partial charge in [-0.05, 0) is 12.0 Å². The summed E-state index contributed by atoms with van der Waals surface area (Å²) in [7, 11) is 0. The van der Waals surface area contributed by atoms with E-state index >= 15 is 0 Å². The monoisotopic (exact) mass is 230 g/mol. The van der Waals surface area contributed by atoms with Gasteiger partial charge in [0.25, 0.3) is 6.43 Å². The second kappa shape index (κ2) is 6.25. The number of rotatable bonds is 6. The zero-order valence-corrected chi connectivity index (χ0v) is 9.41. The first kappa shape index (κ1) is 12.7. The van der Waals surface area contributed by atoms with Crippen LogP contribution in [0.25, 0.3) is 0 Å². The lowest BCUT2D eigenvalue weighted by atomic mass is 10.2. The van der Waals surface area contributed by atoms with Crippen LogP contribution in [0.3, 0.4) is 0 Å². The number of ether oxygens (including phenoxy) is 1. The predicted molar refractivity (Wildman–Crippen MR) is 59.1 cm³/mol. The Kier molecular flexibility index (Phi) is 4.95. The number of hydrogen-bond donors (Lipinski definition) is 1. The highest BCUT2D eigenvalue weighted by atomic mass is 19.3. The van der Waals surface area contributed by atoms with Crippen molar-refractivity contribution in [3.8, 4) is 5.88 Å². The van der Waals surface area contributed by atoms with Crippen molar-refractivity contribution in [2.75, 3.05) is 18.5 Å². The van der Waals surface area contributed by atoms with E-state index < -0.39 is 13.0 Å². The van der Waals surface area contributed by atoms with Crippen molar-refractivity contribution in [1.82, 2.24) is 4.98 Å². The summed E-state index contributed by atoms with van der Waals surface area (Å²) in [5, 5.41) is 3.09. The van der Waals surface area contributed by atoms with Gasteiger partial charge in [-0.15, -0.1) is 0 Å². The lowest BCUT2D eigenvalue weighted by molar-refractivity contribution is 0.0796. The minimum atomic E-state index is -2.48. The second-order valence-corrected chi connectivity index (χ2v) is 3.84. The quantitative estimate of drug-likeness (QED) is 0.816. The van der Waals surface area contributed by atoms with Gasteiger partial charge in [-0.25, -0.2) is 8.78 Å². The maximum atomic E-state index is 11.9. The smallest absolute Gasteiger partial charge is 0.272 e. The van der Waals surface area contributed by atoms with Crippen LogP contribution in [0.5, 0.6) is 5.88 Å². The van der Waals surface area contributed by atoms with Gasteiger partial charge in [0.15, 0.2) is 6.61 Å². The highest BCUT2D eigenvalue weighted by molar-refractivity contribution is 5.36. The van der Waals surface area contributed by atoms with Gasteiger partial charge in [0.2, 0.25) is 5.88 Å². The van der Waals surface area contributed by atoms with Gasteiger partial charge in [0.05, 0.1) is 0 Å². The van der Waals surface area contributed by atoms with Gasteiger partial charge in [-0.2, -0.15) is 4.98 Å². The third kappa shape index (κ3) is 4.91. The normalized spacial score (nSPS) is 10.9. The first-order chi connectivity index (χ1) is 7.58. The SMILES string of the molecule is CC(C)CNc1cccc(OCC(F)F)n1. The van der Waals surface area contributed by atoms with Crippen molar-refractivity contribution in [3.05, 3.63) is 18.2 Å². The average Bonchev–Trinajstić information content (AvgIpc) is 2.24. The molecule has 0 aliphatic heterocycles. The maximum Gasteiger partial charge on any atom is 0.272 e. The van der Waals surface area contributed by atoms with Crippen LogP contribution in [0, 0.1) is 5.92 Å². The molecule has 0 atom stereocenters. The van der Waals surface area contributed by atoms with Crippen molar-refractivity contribution in [3.63, 3.8) is 0 Å². The topological polar surface area (TPSA) is 34.1 Å². The van der Waals surface area contributed by atoms with E-state index in [1.54, 1.807) is 18.2 Å². The van der Waals surface area contributed by atoms with Crippen LogP contribution < -0.4 is 10.1 Å². The zero-order chi connectivity index (χ0) is 12.0. The van der Waals surface area contributed by atoms with Crippen molar-refractivity contribution in [1.29, 1.82) is 0 Å². The number of pyridine rings is 1. The van der Waals surface area contributed by atoms with Crippen molar-refractivity contribution in [2.24, 2.45) is 5.92 Å². The molecule has 0 aromatic carbocycles. The van der Waals surface area contributed by atoms with Crippen LogP contribution >= 0.6 is 0 Å². The van der Waals surface area contributed by atoms with E-state index in [-0.39, 0.29) is 5.88 Å². The summed E-state index contributed by atoms with van der Waals surface area (Å²) >= 11 is 0. The maximum absolute atomic E-state index is 11.9. The van der Waals surface area contributed by atoms with E-state index in [9.17, 15) is 8.78 Å². The molecule has 0 saturated carbocycles. The molecular weight excluding hydrogens is 214 g/mol. The van der Waals surface area contributed by atoms with Crippen LogP contribution in [0.2, 0.25) is 0 Å². The van der Waals surface area contributed by atoms with Gasteiger partial charge in [-0.3, -0.25) is 0 Å². The van der Waals surface area contributed by atoms with Gasteiger partial charge < -0.3 is 10.1 Å². The van der Waals surface area contributed by atoms with Gasteiger partial charge in [0, 0.05) is 12.6 Å². The molecule has 0 spiro atoms. The number of nitrogens with one attached hydrogen (secondary N) is 1. The van der Waals surface area contributed by atoms with Crippen LogP contribution in [0.15, 0.2) is 18.2 Å². The number of anilines is 1. The van der Waals surface area contributed by atoms with E-state index in [1.807, 2.05) is 0 Å². The molecule has 5 heteroatoms. The molecule has 0 aliphatic carbocycles. The Bertz CT molecular complexity index is 291. The molecule has 0 unspecified atom stereocenters. The highest BCUT2D eigenvalue weighted by Crippen LogP contribution is 2.12. The van der Waals surface area contributed by atoms with Gasteiger partial charge >= 0.3 is 0 Å². The summed E-state index contributed by atoms with van der Waals surface area (Å²) in [4.78, 5) is 4.05. The fraction of sp³-hybridized carbons (Fsp3) is 0.545. The molecule has 0 fully saturated rings. The average molecular weight is 230 g/mol. The number of alkyl halides is 2. The zero-order valence-electron chi connectivity index (χ0n) is 9.41. The Hall–Kier alpha value is -1.39. The van der Waals surface area contributed by atoms with Gasteiger partial charge in [0.1, 0.15) is 5.82 Å². The fourth-order valence-corrected chi connectivity index (χ4v) is 1.05. The first-order valence-corrected chi connectivity index (χ1v) is 5.20. The molecule has 1 aromatic heterocycles. The second-order valence-electron chi connectivity index (χ2n) is 3.84. The molecule has 0 radical (unpaired) electrons. The third-order valence-electron chi connectivity index (χ3n) is 1.77. The van der Waals surface area contributed by atoms with E-state index in [0.717, 1.165) is 6.54 Å². The lowest BCUT2D eigenvalue weighted by Gasteiger charge is -2.09. The molecule has 0 saturated heterocycles. The van der Waals surface area contributed by atoms with Crippen molar-refractivity contribution in [2.45, 2.75) is 20.3 Å². The molecular formula is C11H16F2N2O. The molecule has 90 valence electrons. The van der Waals surface area contributed by atoms with Crippen molar-refractivity contribution < 1.29 is 13.5 Å². The molecule has 1 N–H and O–H groups in total. The summed E-state index contributed by atoms with van der Waals surface area (Å²) in [6.45, 7) is 4.31. The minimum absolute atomic E-state index is 0.217. The molecule has 1 aromatic rings. The van der Waals surface area contributed by atoms with E-state index in [4.69, 9.17) is 4.74 Å². The molecule has 16 heavy (non-hydrogen) atoms. The fourth-order valence-electron chi connectivity index (χ4n) is 1.05. The summed E-state index contributed by atoms with van der Waals surface area (Å²) < 4.78 is 28.6. The van der Waals surface area contributed by atoms with Gasteiger partial charge in [-0.1, -0.05) is 19.9 Å². The number of aromatic nitrogens is 1. The standard InChI is InChI=1S/C11H16F2N2O/c1-8(2)6-14-10-4-3-5-11(15-10)16-7-9(12)13/h3-5,8-9H,6-7H2,1-2H3,(H,14,15). The lowest BCUT2D eigenvalue weighted by Crippen LogP contribution is -2.11. The Balaban J connectivity index is 2.50. The summed E-state index contributed by atoms with van der Waals surface area (Å²) in [6.07, 6.45) is -2.48. The Morgan fingerprint density at radius 2 is 2.12 bits per heavy atom. The molecule has 3 nitrogen and oxygen atoms in total. The Morgan fingerprint density at radius 3 is 2.75 bits per heavy atom. The van der Waals surface area contributed by atoms with Crippen LogP contribution in [-0.4, -0.2) is 24.6 Å². The van der Waals surface area contributed by atoms with Crippen molar-refractivity contribution >= 4 is 5.82 Å². The summed E-state index contributed by atoms with van der Waals surface area (Å²) in [5.74, 6) is 1.35. The number of halogens is 2. The third-order valence-corrected chi connectivity index (χ3v) is 1.77. The Morgan fingerprint density at radius 1 is 1.38 bits per heavy atom. The predicted octanol–water partition coefficient (Wildman–Crippen LogP) is 2.79. The van der Waals surface area contributed by atoms with E-state index in [2.05, 4.69) is 24.1 Å². The van der Waals surface area contributed by atoms with Crippen LogP contribution in [-0.2, 0) is 0 Å². The van der Waals surface area contributed by atoms with Crippen LogP contribution in [0.4, 0.5) is 14.6 Å². The largest absolute Gasteiger partial charge is 0.472 e. The van der Waals surface area contributed by atoms with Crippen LogP contribution in [0.1, 0.15) is 13.8 Å². The minimum Gasteiger partial charge on any atom is -0.472 e. The molecule has 1 heterocycles. The molecule has 0 bridgehead atoms. The van der Waals surface area contributed by atoms with E-state index in [0.29, 0.717) is 11.7 Å². The number of nitrogens with zero attached hydrogens (tertiary/aromatic N) is 1. The summed E-state index contributed by atoms with van der Waals surface area (Å²) in [6, 6.07) is 5.05.